The van der Waals surface area contributed by atoms with Crippen LogP contribution in [0.15, 0.2) is 42.5 Å². The third kappa shape index (κ3) is 5.29. The molecule has 0 aliphatic carbocycles. The molecule has 3 unspecified atom stereocenters. The van der Waals surface area contributed by atoms with E-state index in [-0.39, 0.29) is 34.2 Å². The number of hydrogen-bond acceptors (Lipinski definition) is 5. The average molecular weight is 450 g/mol. The summed E-state index contributed by atoms with van der Waals surface area (Å²) in [4.78, 5) is 24.5. The topological polar surface area (TPSA) is 80.3 Å². The standard InChI is InChI=1S/C22H24FNO4S2/c1-13-10-17(22(26)24-30(3,27)28)5-4-16(13)11-19-14(2)20(25)12-29-21(19)15-6-8-18(23)9-7-15/h4-10,14,19,21H,11-12H2,1-3H3,(H,24,26). The molecule has 8 heteroatoms. The second-order valence-corrected chi connectivity index (χ2v) is 10.6. The Morgan fingerprint density at radius 1 is 1.20 bits per heavy atom. The maximum Gasteiger partial charge on any atom is 0.264 e. The Hall–Kier alpha value is -2.19. The van der Waals surface area contributed by atoms with Crippen molar-refractivity contribution in [2.45, 2.75) is 25.5 Å². The molecule has 0 saturated carbocycles. The Morgan fingerprint density at radius 3 is 2.47 bits per heavy atom. The zero-order valence-corrected chi connectivity index (χ0v) is 18.6. The van der Waals surface area contributed by atoms with Gasteiger partial charge in [0, 0.05) is 16.7 Å². The van der Waals surface area contributed by atoms with Crippen molar-refractivity contribution in [3.05, 3.63) is 70.5 Å². The molecule has 30 heavy (non-hydrogen) atoms. The third-order valence-electron chi connectivity index (χ3n) is 5.48. The molecule has 3 rings (SSSR count). The molecule has 0 spiro atoms. The van der Waals surface area contributed by atoms with Crippen LogP contribution in [0.4, 0.5) is 4.39 Å². The van der Waals surface area contributed by atoms with Crippen molar-refractivity contribution >= 4 is 33.5 Å². The molecule has 3 atom stereocenters. The Labute approximate surface area is 180 Å². The third-order valence-corrected chi connectivity index (χ3v) is 7.47. The van der Waals surface area contributed by atoms with Gasteiger partial charge in [-0.05, 0) is 60.2 Å². The molecular weight excluding hydrogens is 425 g/mol. The van der Waals surface area contributed by atoms with E-state index in [0.29, 0.717) is 12.2 Å². The molecule has 1 amide bonds. The molecule has 0 radical (unpaired) electrons. The van der Waals surface area contributed by atoms with Crippen molar-refractivity contribution in [3.8, 4) is 0 Å². The summed E-state index contributed by atoms with van der Waals surface area (Å²) in [6, 6.07) is 11.5. The molecule has 2 aromatic rings. The van der Waals surface area contributed by atoms with Crippen molar-refractivity contribution in [1.82, 2.24) is 4.72 Å². The number of hydrogen-bond donors (Lipinski definition) is 1. The van der Waals surface area contributed by atoms with Crippen LogP contribution in [0.25, 0.3) is 0 Å². The molecule has 0 aromatic heterocycles. The number of halogens is 1. The lowest BCUT2D eigenvalue weighted by Gasteiger charge is -2.36. The summed E-state index contributed by atoms with van der Waals surface area (Å²) in [5.74, 6) is -0.453. The highest BCUT2D eigenvalue weighted by Gasteiger charge is 2.37. The van der Waals surface area contributed by atoms with Crippen LogP contribution in [-0.4, -0.2) is 32.1 Å². The van der Waals surface area contributed by atoms with Crippen molar-refractivity contribution < 1.29 is 22.4 Å². The molecule has 1 fully saturated rings. The predicted octanol–water partition coefficient (Wildman–Crippen LogP) is 3.68. The van der Waals surface area contributed by atoms with E-state index >= 15 is 0 Å². The van der Waals surface area contributed by atoms with E-state index in [1.54, 1.807) is 36.0 Å². The summed E-state index contributed by atoms with van der Waals surface area (Å²) in [5.41, 5.74) is 3.10. The minimum atomic E-state index is -3.64. The second-order valence-electron chi connectivity index (χ2n) is 7.75. The fourth-order valence-corrected chi connectivity index (χ4v) is 5.75. The lowest BCUT2D eigenvalue weighted by molar-refractivity contribution is -0.121. The van der Waals surface area contributed by atoms with Crippen LogP contribution in [0.2, 0.25) is 0 Å². The first-order chi connectivity index (χ1) is 14.0. The first kappa shape index (κ1) is 22.5. The number of aryl methyl sites for hydroxylation is 1. The first-order valence-corrected chi connectivity index (χ1v) is 12.5. The van der Waals surface area contributed by atoms with Gasteiger partial charge in [0.15, 0.2) is 0 Å². The summed E-state index contributed by atoms with van der Waals surface area (Å²) in [6.07, 6.45) is 1.56. The highest BCUT2D eigenvalue weighted by atomic mass is 32.2. The molecule has 1 aliphatic heterocycles. The zero-order valence-electron chi connectivity index (χ0n) is 17.0. The Kier molecular flexibility index (Phi) is 6.67. The van der Waals surface area contributed by atoms with Gasteiger partial charge in [0.05, 0.1) is 12.0 Å². The number of benzene rings is 2. The fraction of sp³-hybridized carbons (Fsp3) is 0.364. The number of ketones is 1. The van der Waals surface area contributed by atoms with Crippen molar-refractivity contribution in [1.29, 1.82) is 0 Å². The Balaban J connectivity index is 1.86. The summed E-state index contributed by atoms with van der Waals surface area (Å²) in [5, 5.41) is 0.0610. The van der Waals surface area contributed by atoms with Gasteiger partial charge in [0.25, 0.3) is 5.91 Å². The summed E-state index contributed by atoms with van der Waals surface area (Å²) in [6.45, 7) is 3.80. The number of carbonyl (C=O) groups excluding carboxylic acids is 2. The maximum absolute atomic E-state index is 13.4. The lowest BCUT2D eigenvalue weighted by atomic mass is 9.79. The quantitative estimate of drug-likeness (QED) is 0.753. The summed E-state index contributed by atoms with van der Waals surface area (Å²) in [7, 11) is -3.64. The van der Waals surface area contributed by atoms with Gasteiger partial charge in [-0.25, -0.2) is 17.5 Å². The summed E-state index contributed by atoms with van der Waals surface area (Å²) < 4.78 is 37.9. The van der Waals surface area contributed by atoms with Crippen molar-refractivity contribution in [2.75, 3.05) is 12.0 Å². The van der Waals surface area contributed by atoms with Crippen LogP contribution in [0.5, 0.6) is 0 Å². The van der Waals surface area contributed by atoms with Gasteiger partial charge in [-0.15, -0.1) is 11.8 Å². The van der Waals surface area contributed by atoms with Crippen LogP contribution in [0.3, 0.4) is 0 Å². The van der Waals surface area contributed by atoms with E-state index < -0.39 is 15.9 Å². The molecule has 1 aliphatic rings. The molecule has 160 valence electrons. The number of rotatable bonds is 5. The van der Waals surface area contributed by atoms with Gasteiger partial charge in [-0.2, -0.15) is 0 Å². The van der Waals surface area contributed by atoms with Crippen LogP contribution in [0.1, 0.15) is 39.2 Å². The molecule has 1 heterocycles. The van der Waals surface area contributed by atoms with E-state index in [1.807, 2.05) is 24.6 Å². The number of carbonyl (C=O) groups is 2. The van der Waals surface area contributed by atoms with Gasteiger partial charge in [0.2, 0.25) is 10.0 Å². The highest BCUT2D eigenvalue weighted by Crippen LogP contribution is 2.46. The smallest absolute Gasteiger partial charge is 0.264 e. The number of sulfonamides is 1. The monoisotopic (exact) mass is 449 g/mol. The molecule has 0 bridgehead atoms. The van der Waals surface area contributed by atoms with E-state index in [9.17, 15) is 22.4 Å². The van der Waals surface area contributed by atoms with E-state index in [4.69, 9.17) is 0 Å². The minimum Gasteiger partial charge on any atom is -0.298 e. The Bertz CT molecular complexity index is 1070. The fourth-order valence-electron chi connectivity index (χ4n) is 3.75. The van der Waals surface area contributed by atoms with Crippen LogP contribution >= 0.6 is 11.8 Å². The SMILES string of the molecule is Cc1cc(C(=O)NS(C)(=O)=O)ccc1CC1C(C)C(=O)CSC1c1ccc(F)cc1. The van der Waals surface area contributed by atoms with E-state index in [2.05, 4.69) is 0 Å². The minimum absolute atomic E-state index is 0.0242. The van der Waals surface area contributed by atoms with Crippen LogP contribution < -0.4 is 4.72 Å². The van der Waals surface area contributed by atoms with Gasteiger partial charge in [0.1, 0.15) is 11.6 Å². The van der Waals surface area contributed by atoms with Crippen LogP contribution in [0, 0.1) is 24.6 Å². The van der Waals surface area contributed by atoms with Gasteiger partial charge in [-0.3, -0.25) is 9.59 Å². The molecule has 1 N–H and O–H groups in total. The average Bonchev–Trinajstić information content (AvgIpc) is 2.66. The maximum atomic E-state index is 13.4. The molecule has 5 nitrogen and oxygen atoms in total. The predicted molar refractivity (Wildman–Crippen MR) is 116 cm³/mol. The van der Waals surface area contributed by atoms with Gasteiger partial charge in [-0.1, -0.05) is 25.1 Å². The normalized spacial score (nSPS) is 22.0. The number of Topliss-reactive ketones (excluding diaryl/α,β-unsaturated/α-hetero) is 1. The highest BCUT2D eigenvalue weighted by molar-refractivity contribution is 8.00. The summed E-state index contributed by atoms with van der Waals surface area (Å²) >= 11 is 1.58. The van der Waals surface area contributed by atoms with Crippen molar-refractivity contribution in [2.24, 2.45) is 11.8 Å². The molecular formula is C22H24FNO4S2. The zero-order chi connectivity index (χ0) is 22.1. The van der Waals surface area contributed by atoms with Gasteiger partial charge >= 0.3 is 0 Å². The first-order valence-electron chi connectivity index (χ1n) is 9.56. The number of thioether (sulfide) groups is 1. The number of nitrogens with one attached hydrogen (secondary N) is 1. The van der Waals surface area contributed by atoms with E-state index in [0.717, 1.165) is 22.9 Å². The molecule has 1 saturated heterocycles. The van der Waals surface area contributed by atoms with Gasteiger partial charge < -0.3 is 0 Å². The second kappa shape index (κ2) is 8.89. The largest absolute Gasteiger partial charge is 0.298 e. The number of amides is 1. The van der Waals surface area contributed by atoms with E-state index in [1.165, 1.54) is 12.1 Å². The Morgan fingerprint density at radius 2 is 1.87 bits per heavy atom. The van der Waals surface area contributed by atoms with Crippen LogP contribution in [-0.2, 0) is 21.2 Å². The van der Waals surface area contributed by atoms with Crippen molar-refractivity contribution in [3.63, 3.8) is 0 Å². The molecule has 2 aromatic carbocycles. The lowest BCUT2D eigenvalue weighted by Crippen LogP contribution is -2.33.